The summed E-state index contributed by atoms with van der Waals surface area (Å²) in [4.78, 5) is 21.6. The number of hydrogen-bond donors (Lipinski definition) is 0. The smallest absolute Gasteiger partial charge is 0.404 e. The predicted octanol–water partition coefficient (Wildman–Crippen LogP) is 2.30. The summed E-state index contributed by atoms with van der Waals surface area (Å²) in [7, 11) is 0. The Morgan fingerprint density at radius 3 is 2.70 bits per heavy atom. The average Bonchev–Trinajstić information content (AvgIpc) is 2.78. The molecule has 0 unspecified atom stereocenters. The summed E-state index contributed by atoms with van der Waals surface area (Å²) in [6, 6.07) is 9.23. The van der Waals surface area contributed by atoms with Crippen LogP contribution in [0.3, 0.4) is 0 Å². The van der Waals surface area contributed by atoms with Gasteiger partial charge >= 0.3 is 11.8 Å². The van der Waals surface area contributed by atoms with Crippen molar-refractivity contribution in [3.05, 3.63) is 56.7 Å². The largest absolute Gasteiger partial charge is 0.459 e. The molecule has 0 saturated heterocycles. The molecule has 1 aromatic heterocycles. The van der Waals surface area contributed by atoms with Crippen molar-refractivity contribution in [2.45, 2.75) is 13.2 Å². The van der Waals surface area contributed by atoms with E-state index in [1.54, 1.807) is 0 Å². The van der Waals surface area contributed by atoms with Crippen molar-refractivity contribution in [2.24, 2.45) is 0 Å². The number of benzene rings is 1. The molecule has 2 rings (SSSR count). The summed E-state index contributed by atoms with van der Waals surface area (Å²) in [5, 5.41) is 14.3. The Morgan fingerprint density at radius 1 is 1.40 bits per heavy atom. The van der Waals surface area contributed by atoms with Gasteiger partial charge in [-0.15, -0.1) is 0 Å². The van der Waals surface area contributed by atoms with Gasteiger partial charge in [-0.25, -0.2) is 4.79 Å². The van der Waals surface area contributed by atoms with Crippen LogP contribution in [-0.2, 0) is 22.7 Å². The Hall–Kier alpha value is -2.22. The van der Waals surface area contributed by atoms with Gasteiger partial charge in [-0.3, -0.25) is 0 Å². The number of ether oxygens (including phenoxy) is 1. The van der Waals surface area contributed by atoms with E-state index in [2.05, 4.69) is 21.0 Å². The van der Waals surface area contributed by atoms with Gasteiger partial charge in [-0.1, -0.05) is 30.3 Å². The minimum absolute atomic E-state index is 0.157. The van der Waals surface area contributed by atoms with E-state index in [9.17, 15) is 14.9 Å². The molecule has 0 aliphatic heterocycles. The third-order valence-electron chi connectivity index (χ3n) is 2.41. The van der Waals surface area contributed by atoms with Crippen molar-refractivity contribution in [1.82, 2.24) is 9.78 Å². The van der Waals surface area contributed by atoms with Crippen molar-refractivity contribution < 1.29 is 14.5 Å². The van der Waals surface area contributed by atoms with Gasteiger partial charge in [-0.05, 0) is 26.4 Å². The first-order valence-electron chi connectivity index (χ1n) is 5.63. The van der Waals surface area contributed by atoms with Gasteiger partial charge in [0.25, 0.3) is 0 Å². The first-order chi connectivity index (χ1) is 9.56. The van der Waals surface area contributed by atoms with Crippen LogP contribution in [0.4, 0.5) is 5.82 Å². The van der Waals surface area contributed by atoms with Gasteiger partial charge in [0.05, 0.1) is 11.3 Å². The van der Waals surface area contributed by atoms with Gasteiger partial charge < -0.3 is 14.9 Å². The average molecular weight is 340 g/mol. The zero-order valence-corrected chi connectivity index (χ0v) is 11.8. The Bertz CT molecular complexity index is 627. The monoisotopic (exact) mass is 339 g/mol. The summed E-state index contributed by atoms with van der Waals surface area (Å²) < 4.78 is 6.44. The van der Waals surface area contributed by atoms with Crippen molar-refractivity contribution in [3.63, 3.8) is 0 Å². The lowest BCUT2D eigenvalue weighted by Crippen LogP contribution is -2.14. The number of nitrogens with zero attached hydrogens (tertiary/aromatic N) is 3. The molecule has 0 N–H and O–H groups in total. The molecule has 1 aromatic carbocycles. The number of esters is 1. The molecule has 104 valence electrons. The van der Waals surface area contributed by atoms with Crippen LogP contribution in [0.15, 0.2) is 41.0 Å². The molecule has 0 spiro atoms. The summed E-state index contributed by atoms with van der Waals surface area (Å²) in [5.41, 5.74) is 0.869. The molecule has 7 nitrogen and oxygen atoms in total. The van der Waals surface area contributed by atoms with Crippen LogP contribution in [0.5, 0.6) is 0 Å². The molecule has 0 bridgehead atoms. The normalized spacial score (nSPS) is 10.2. The van der Waals surface area contributed by atoms with Crippen molar-refractivity contribution in [3.8, 4) is 0 Å². The second-order valence-corrected chi connectivity index (χ2v) is 4.76. The number of hydrogen-bond acceptors (Lipinski definition) is 5. The van der Waals surface area contributed by atoms with Gasteiger partial charge in [0.1, 0.15) is 11.1 Å². The molecule has 8 heteroatoms. The second-order valence-electron chi connectivity index (χ2n) is 3.90. The Morgan fingerprint density at radius 2 is 2.10 bits per heavy atom. The highest BCUT2D eigenvalue weighted by Gasteiger charge is 2.20. The zero-order valence-electron chi connectivity index (χ0n) is 10.2. The maximum Gasteiger partial charge on any atom is 0.404 e. The molecule has 20 heavy (non-hydrogen) atoms. The molecule has 2 aromatic rings. The van der Waals surface area contributed by atoms with Gasteiger partial charge in [0, 0.05) is 0 Å². The summed E-state index contributed by atoms with van der Waals surface area (Å²) >= 11 is 3.01. The maximum atomic E-state index is 11.6. The number of halogens is 1. The van der Waals surface area contributed by atoms with E-state index in [1.165, 1.54) is 6.20 Å². The fraction of sp³-hybridized carbons (Fsp3) is 0.167. The standard InChI is InChI=1S/C12H10BrN3O4/c13-10-6-15(14-12(10)16(18)19)7-11(17)20-8-9-4-2-1-3-5-9/h1-6H,7-8H2. The molecular formula is C12H10BrN3O4. The highest BCUT2D eigenvalue weighted by atomic mass is 79.9. The topological polar surface area (TPSA) is 87.3 Å². The molecule has 1 heterocycles. The molecular weight excluding hydrogens is 330 g/mol. The van der Waals surface area contributed by atoms with Crippen LogP contribution < -0.4 is 0 Å². The maximum absolute atomic E-state index is 11.6. The van der Waals surface area contributed by atoms with E-state index in [-0.39, 0.29) is 23.4 Å². The zero-order chi connectivity index (χ0) is 14.5. The van der Waals surface area contributed by atoms with Crippen LogP contribution in [0, 0.1) is 10.1 Å². The fourth-order valence-electron chi connectivity index (χ4n) is 1.51. The number of nitro groups is 1. The van der Waals surface area contributed by atoms with Crippen molar-refractivity contribution in [1.29, 1.82) is 0 Å². The van der Waals surface area contributed by atoms with Gasteiger partial charge in [0.15, 0.2) is 6.54 Å². The van der Waals surface area contributed by atoms with Crippen molar-refractivity contribution in [2.75, 3.05) is 0 Å². The van der Waals surface area contributed by atoms with E-state index in [0.717, 1.165) is 10.2 Å². The molecule has 0 aliphatic carbocycles. The first kappa shape index (κ1) is 14.2. The Labute approximate surface area is 122 Å². The summed E-state index contributed by atoms with van der Waals surface area (Å²) in [6.45, 7) is -0.0243. The van der Waals surface area contributed by atoms with Crippen LogP contribution >= 0.6 is 15.9 Å². The minimum atomic E-state index is -0.629. The van der Waals surface area contributed by atoms with E-state index >= 15 is 0 Å². The van der Waals surface area contributed by atoms with Crippen LogP contribution in [0.1, 0.15) is 5.56 Å². The molecule has 0 fully saturated rings. The SMILES string of the molecule is O=C(Cn1cc(Br)c([N+](=O)[O-])n1)OCc1ccccc1. The lowest BCUT2D eigenvalue weighted by molar-refractivity contribution is -0.390. The summed E-state index contributed by atoms with van der Waals surface area (Å²) in [6.07, 6.45) is 1.36. The third-order valence-corrected chi connectivity index (χ3v) is 2.97. The van der Waals surface area contributed by atoms with E-state index in [1.807, 2.05) is 30.3 Å². The van der Waals surface area contributed by atoms with Crippen molar-refractivity contribution >= 4 is 27.7 Å². The number of carbonyl (C=O) groups excluding carboxylic acids is 1. The van der Waals surface area contributed by atoms with Crippen LogP contribution in [-0.4, -0.2) is 20.7 Å². The Kier molecular flexibility index (Phi) is 4.46. The molecule has 0 atom stereocenters. The van der Waals surface area contributed by atoms with Gasteiger partial charge in [-0.2, -0.15) is 4.68 Å². The fourth-order valence-corrected chi connectivity index (χ4v) is 1.97. The van der Waals surface area contributed by atoms with E-state index < -0.39 is 10.9 Å². The number of aromatic nitrogens is 2. The van der Waals surface area contributed by atoms with Crippen LogP contribution in [0.25, 0.3) is 0 Å². The Balaban J connectivity index is 1.92. The molecule has 0 saturated carbocycles. The van der Waals surface area contributed by atoms with Crippen LogP contribution in [0.2, 0.25) is 0 Å². The molecule has 0 aliphatic rings. The quantitative estimate of drug-likeness (QED) is 0.473. The lowest BCUT2D eigenvalue weighted by atomic mass is 10.2. The van der Waals surface area contributed by atoms with E-state index in [0.29, 0.717) is 0 Å². The number of carbonyl (C=O) groups is 1. The minimum Gasteiger partial charge on any atom is -0.459 e. The highest BCUT2D eigenvalue weighted by molar-refractivity contribution is 9.10. The van der Waals surface area contributed by atoms with E-state index in [4.69, 9.17) is 4.74 Å². The third kappa shape index (κ3) is 3.64. The molecule has 0 radical (unpaired) electrons. The predicted molar refractivity (Wildman–Crippen MR) is 72.8 cm³/mol. The highest BCUT2D eigenvalue weighted by Crippen LogP contribution is 2.21. The lowest BCUT2D eigenvalue weighted by Gasteiger charge is -2.03. The number of rotatable bonds is 5. The second kappa shape index (κ2) is 6.29. The summed E-state index contributed by atoms with van der Waals surface area (Å²) in [5.74, 6) is -0.848. The van der Waals surface area contributed by atoms with Gasteiger partial charge in [0.2, 0.25) is 0 Å². The first-order valence-corrected chi connectivity index (χ1v) is 6.42. The molecule has 0 amide bonds.